The summed E-state index contributed by atoms with van der Waals surface area (Å²) in [6.07, 6.45) is -0.0632. The maximum Gasteiger partial charge on any atom is 0.329 e. The van der Waals surface area contributed by atoms with E-state index in [2.05, 4.69) is 20.9 Å². The largest absolute Gasteiger partial charge is 0.370 e. The zero-order chi connectivity index (χ0) is 16.6. The van der Waals surface area contributed by atoms with Crippen molar-refractivity contribution in [3.05, 3.63) is 55.0 Å². The Balaban J connectivity index is 2.20. The van der Waals surface area contributed by atoms with Gasteiger partial charge in [0.05, 0.1) is 5.39 Å². The van der Waals surface area contributed by atoms with Crippen LogP contribution in [0.1, 0.15) is 6.42 Å². The zero-order valence-corrected chi connectivity index (χ0v) is 14.2. The van der Waals surface area contributed by atoms with Crippen LogP contribution in [-0.2, 0) is 11.3 Å². The number of rotatable bonds is 4. The number of hydrogen-bond acceptors (Lipinski definition) is 4. The standard InChI is InChI=1S/C15H12BrN3O3S/c16-9-3-1-8(2-4-9)10-7-23-13-12(10)14(21)19(15(22)18-13)6-5-11(17)20/h1-4,7H,5-6H2,(H2,17,20)(H,18,22). The summed E-state index contributed by atoms with van der Waals surface area (Å²) in [5, 5.41) is 2.28. The van der Waals surface area contributed by atoms with Gasteiger partial charge >= 0.3 is 5.69 Å². The van der Waals surface area contributed by atoms with Gasteiger partial charge < -0.3 is 5.73 Å². The summed E-state index contributed by atoms with van der Waals surface area (Å²) in [6, 6.07) is 7.56. The molecule has 0 aliphatic heterocycles. The number of nitrogens with zero attached hydrogens (tertiary/aromatic N) is 1. The van der Waals surface area contributed by atoms with Crippen molar-refractivity contribution in [2.75, 3.05) is 0 Å². The predicted molar refractivity (Wildman–Crippen MR) is 93.7 cm³/mol. The molecule has 0 spiro atoms. The maximum atomic E-state index is 12.7. The normalized spacial score (nSPS) is 11.0. The van der Waals surface area contributed by atoms with Gasteiger partial charge in [-0.2, -0.15) is 0 Å². The van der Waals surface area contributed by atoms with E-state index in [1.165, 1.54) is 11.3 Å². The van der Waals surface area contributed by atoms with E-state index in [0.717, 1.165) is 20.2 Å². The first kappa shape index (κ1) is 15.7. The van der Waals surface area contributed by atoms with Crippen LogP contribution in [-0.4, -0.2) is 15.5 Å². The van der Waals surface area contributed by atoms with E-state index in [-0.39, 0.29) is 13.0 Å². The van der Waals surface area contributed by atoms with Crippen LogP contribution in [0.4, 0.5) is 0 Å². The van der Waals surface area contributed by atoms with Crippen molar-refractivity contribution in [2.45, 2.75) is 13.0 Å². The van der Waals surface area contributed by atoms with Gasteiger partial charge in [0.25, 0.3) is 5.56 Å². The Labute approximate surface area is 142 Å². The van der Waals surface area contributed by atoms with E-state index in [0.29, 0.717) is 10.2 Å². The van der Waals surface area contributed by atoms with Gasteiger partial charge in [0.15, 0.2) is 0 Å². The highest BCUT2D eigenvalue weighted by Crippen LogP contribution is 2.30. The number of hydrogen-bond donors (Lipinski definition) is 2. The fourth-order valence-electron chi connectivity index (χ4n) is 2.32. The number of primary amides is 1. The van der Waals surface area contributed by atoms with Crippen LogP contribution >= 0.6 is 27.3 Å². The molecular formula is C15H12BrN3O3S. The van der Waals surface area contributed by atoms with Crippen molar-refractivity contribution >= 4 is 43.4 Å². The lowest BCUT2D eigenvalue weighted by Gasteiger charge is -2.05. The maximum absolute atomic E-state index is 12.7. The first-order chi connectivity index (χ1) is 11.0. The highest BCUT2D eigenvalue weighted by atomic mass is 79.9. The molecule has 1 amide bonds. The number of fused-ring (bicyclic) bond motifs is 1. The number of halogens is 1. The lowest BCUT2D eigenvalue weighted by atomic mass is 10.1. The molecule has 1 aromatic carbocycles. The van der Waals surface area contributed by atoms with Gasteiger partial charge in [-0.15, -0.1) is 11.3 Å². The third-order valence-corrected chi connectivity index (χ3v) is 4.88. The molecular weight excluding hydrogens is 382 g/mol. The Morgan fingerprint density at radius 3 is 2.61 bits per heavy atom. The van der Waals surface area contributed by atoms with Crippen molar-refractivity contribution in [2.24, 2.45) is 5.73 Å². The van der Waals surface area contributed by atoms with E-state index < -0.39 is 17.2 Å². The van der Waals surface area contributed by atoms with Crippen LogP contribution in [0.5, 0.6) is 0 Å². The molecule has 0 atom stereocenters. The molecule has 0 saturated heterocycles. The number of amides is 1. The minimum Gasteiger partial charge on any atom is -0.370 e. The highest BCUT2D eigenvalue weighted by molar-refractivity contribution is 9.10. The van der Waals surface area contributed by atoms with Gasteiger partial charge in [-0.1, -0.05) is 28.1 Å². The molecule has 0 aliphatic carbocycles. The summed E-state index contributed by atoms with van der Waals surface area (Å²) in [5.41, 5.74) is 5.79. The molecule has 8 heteroatoms. The average molecular weight is 394 g/mol. The first-order valence-electron chi connectivity index (χ1n) is 6.76. The molecule has 0 fully saturated rings. The molecule has 3 N–H and O–H groups in total. The Morgan fingerprint density at radius 2 is 1.96 bits per heavy atom. The summed E-state index contributed by atoms with van der Waals surface area (Å²) in [5.74, 6) is -0.560. The zero-order valence-electron chi connectivity index (χ0n) is 11.8. The molecule has 0 saturated carbocycles. The fraction of sp³-hybridized carbons (Fsp3) is 0.133. The third kappa shape index (κ3) is 2.99. The van der Waals surface area contributed by atoms with Gasteiger partial charge in [-0.3, -0.25) is 19.1 Å². The summed E-state index contributed by atoms with van der Waals surface area (Å²) in [6.45, 7) is -0.0327. The molecule has 0 aliphatic rings. The molecule has 2 aromatic heterocycles. The van der Waals surface area contributed by atoms with Gasteiger partial charge in [0.1, 0.15) is 4.83 Å². The Bertz CT molecular complexity index is 1000. The third-order valence-electron chi connectivity index (χ3n) is 3.45. The van der Waals surface area contributed by atoms with E-state index in [1.54, 1.807) is 0 Å². The monoisotopic (exact) mass is 393 g/mol. The number of benzene rings is 1. The van der Waals surface area contributed by atoms with Crippen LogP contribution in [0, 0.1) is 0 Å². The quantitative estimate of drug-likeness (QED) is 0.709. The van der Waals surface area contributed by atoms with Crippen molar-refractivity contribution in [1.82, 2.24) is 9.55 Å². The van der Waals surface area contributed by atoms with E-state index in [1.807, 2.05) is 29.6 Å². The summed E-state index contributed by atoms with van der Waals surface area (Å²) < 4.78 is 1.95. The number of carbonyl (C=O) groups excluding carboxylic acids is 1. The second kappa shape index (κ2) is 6.13. The van der Waals surface area contributed by atoms with E-state index >= 15 is 0 Å². The lowest BCUT2D eigenvalue weighted by Crippen LogP contribution is -2.35. The van der Waals surface area contributed by atoms with Crippen LogP contribution in [0.3, 0.4) is 0 Å². The van der Waals surface area contributed by atoms with Crippen molar-refractivity contribution < 1.29 is 4.79 Å². The minimum atomic E-state index is -0.560. The predicted octanol–water partition coefficient (Wildman–Crippen LogP) is 2.06. The van der Waals surface area contributed by atoms with E-state index in [4.69, 9.17) is 5.73 Å². The van der Waals surface area contributed by atoms with Crippen LogP contribution in [0.25, 0.3) is 21.3 Å². The van der Waals surface area contributed by atoms with E-state index in [9.17, 15) is 14.4 Å². The van der Waals surface area contributed by atoms with Gasteiger partial charge in [-0.05, 0) is 17.7 Å². The number of nitrogens with two attached hydrogens (primary N) is 1. The SMILES string of the molecule is NC(=O)CCn1c(=O)[nH]c2scc(-c3ccc(Br)cc3)c2c1=O. The molecule has 6 nitrogen and oxygen atoms in total. The van der Waals surface area contributed by atoms with Crippen LogP contribution in [0.15, 0.2) is 43.7 Å². The summed E-state index contributed by atoms with van der Waals surface area (Å²) in [4.78, 5) is 38.8. The molecule has 3 aromatic rings. The van der Waals surface area contributed by atoms with Crippen molar-refractivity contribution in [3.8, 4) is 11.1 Å². The van der Waals surface area contributed by atoms with Gasteiger partial charge in [0, 0.05) is 28.4 Å². The second-order valence-corrected chi connectivity index (χ2v) is 6.76. The summed E-state index contributed by atoms with van der Waals surface area (Å²) >= 11 is 4.68. The molecule has 0 bridgehead atoms. The number of H-pyrrole nitrogens is 1. The number of thiophene rings is 1. The fourth-order valence-corrected chi connectivity index (χ4v) is 3.54. The number of aromatic amines is 1. The second-order valence-electron chi connectivity index (χ2n) is 4.96. The minimum absolute atomic E-state index is 0.0327. The summed E-state index contributed by atoms with van der Waals surface area (Å²) in [7, 11) is 0. The van der Waals surface area contributed by atoms with Crippen LogP contribution < -0.4 is 17.0 Å². The smallest absolute Gasteiger partial charge is 0.329 e. The van der Waals surface area contributed by atoms with Crippen LogP contribution in [0.2, 0.25) is 0 Å². The average Bonchev–Trinajstić information content (AvgIpc) is 2.91. The van der Waals surface area contributed by atoms with Gasteiger partial charge in [0.2, 0.25) is 5.91 Å². The van der Waals surface area contributed by atoms with Gasteiger partial charge in [-0.25, -0.2) is 4.79 Å². The number of aromatic nitrogens is 2. The molecule has 23 heavy (non-hydrogen) atoms. The molecule has 118 valence electrons. The molecule has 2 heterocycles. The Kier molecular flexibility index (Phi) is 4.18. The number of carbonyl (C=O) groups is 1. The number of nitrogens with one attached hydrogen (secondary N) is 1. The van der Waals surface area contributed by atoms with Crippen molar-refractivity contribution in [3.63, 3.8) is 0 Å². The Hall–Kier alpha value is -2.19. The molecule has 0 unspecified atom stereocenters. The Morgan fingerprint density at radius 1 is 1.26 bits per heavy atom. The lowest BCUT2D eigenvalue weighted by molar-refractivity contribution is -0.118. The van der Waals surface area contributed by atoms with Crippen molar-refractivity contribution in [1.29, 1.82) is 0 Å². The highest BCUT2D eigenvalue weighted by Gasteiger charge is 2.15. The topological polar surface area (TPSA) is 97.9 Å². The molecule has 3 rings (SSSR count). The first-order valence-corrected chi connectivity index (χ1v) is 8.43. The molecule has 0 radical (unpaired) electrons.